The quantitative estimate of drug-likeness (QED) is 0.166. The van der Waals surface area contributed by atoms with Crippen LogP contribution < -0.4 is 10.6 Å². The molecule has 1 saturated heterocycles. The number of ether oxygens (including phenoxy) is 1. The molecule has 1 aliphatic heterocycles. The van der Waals surface area contributed by atoms with Crippen molar-refractivity contribution in [2.45, 2.75) is 134 Å². The van der Waals surface area contributed by atoms with Crippen molar-refractivity contribution in [3.05, 3.63) is 0 Å². The third kappa shape index (κ3) is 13.9. The molecule has 0 aromatic carbocycles. The van der Waals surface area contributed by atoms with E-state index in [-0.39, 0.29) is 29.4 Å². The number of rotatable bonds is 19. The first-order valence-electron chi connectivity index (χ1n) is 13.6. The van der Waals surface area contributed by atoms with Gasteiger partial charge in [0.2, 0.25) is 11.8 Å². The average molecular weight is 519 g/mol. The Morgan fingerprint density at radius 1 is 1.00 bits per heavy atom. The normalized spacial score (nSPS) is 24.1. The van der Waals surface area contributed by atoms with E-state index in [1.165, 1.54) is 0 Å². The van der Waals surface area contributed by atoms with Crippen LogP contribution in [0.25, 0.3) is 0 Å². The van der Waals surface area contributed by atoms with Crippen LogP contribution in [-0.2, 0) is 14.3 Å². The van der Waals surface area contributed by atoms with Gasteiger partial charge in [0, 0.05) is 31.3 Å². The highest BCUT2D eigenvalue weighted by Crippen LogP contribution is 2.28. The van der Waals surface area contributed by atoms with Gasteiger partial charge in [-0.1, -0.05) is 39.5 Å². The van der Waals surface area contributed by atoms with Crippen LogP contribution >= 0.6 is 11.8 Å². The Bertz CT molecular complexity index is 596. The summed E-state index contributed by atoms with van der Waals surface area (Å²) >= 11 is 1.60. The minimum absolute atomic E-state index is 0.101. The van der Waals surface area contributed by atoms with Crippen molar-refractivity contribution < 1.29 is 29.6 Å². The summed E-state index contributed by atoms with van der Waals surface area (Å²) in [7, 11) is 0. The van der Waals surface area contributed by atoms with Gasteiger partial charge in [-0.3, -0.25) is 9.59 Å². The zero-order chi connectivity index (χ0) is 26.1. The molecule has 1 fully saturated rings. The van der Waals surface area contributed by atoms with E-state index in [2.05, 4.69) is 31.4 Å². The maximum absolute atomic E-state index is 12.1. The van der Waals surface area contributed by atoms with Crippen LogP contribution in [0.5, 0.6) is 0 Å². The first kappa shape index (κ1) is 32.2. The van der Waals surface area contributed by atoms with Crippen LogP contribution in [0.4, 0.5) is 0 Å². The summed E-state index contributed by atoms with van der Waals surface area (Å²) < 4.78 is 5.62. The Balaban J connectivity index is 2.03. The van der Waals surface area contributed by atoms with E-state index in [9.17, 15) is 24.9 Å². The lowest BCUT2D eigenvalue weighted by Crippen LogP contribution is -2.49. The molecule has 0 aromatic rings. The number of carbonyl (C=O) groups is 2. The molecule has 1 heterocycles. The minimum atomic E-state index is -1.03. The minimum Gasteiger partial charge on any atom is -0.394 e. The van der Waals surface area contributed by atoms with Crippen LogP contribution in [0, 0.1) is 0 Å². The first-order valence-corrected chi connectivity index (χ1v) is 14.6. The summed E-state index contributed by atoms with van der Waals surface area (Å²) in [5, 5.41) is 35.0. The zero-order valence-electron chi connectivity index (χ0n) is 22.1. The number of thioether (sulfide) groups is 1. The Kier molecular flexibility index (Phi) is 16.9. The smallest absolute Gasteiger partial charge is 0.220 e. The first-order chi connectivity index (χ1) is 16.7. The largest absolute Gasteiger partial charge is 0.394 e. The fraction of sp³-hybridized carbons (Fsp3) is 0.923. The zero-order valence-corrected chi connectivity index (χ0v) is 22.9. The summed E-state index contributed by atoms with van der Waals surface area (Å²) in [6.45, 7) is 6.69. The lowest BCUT2D eigenvalue weighted by Gasteiger charge is -2.36. The molecule has 3 unspecified atom stereocenters. The van der Waals surface area contributed by atoms with E-state index in [4.69, 9.17) is 4.74 Å². The predicted octanol–water partition coefficient (Wildman–Crippen LogP) is 3.26. The van der Waals surface area contributed by atoms with E-state index in [0.717, 1.165) is 70.0 Å². The van der Waals surface area contributed by atoms with Crippen LogP contribution in [-0.4, -0.2) is 75.3 Å². The van der Waals surface area contributed by atoms with E-state index < -0.39 is 18.3 Å². The van der Waals surface area contributed by atoms with Gasteiger partial charge in [-0.25, -0.2) is 0 Å². The molecule has 9 heteroatoms. The van der Waals surface area contributed by atoms with Gasteiger partial charge in [-0.2, -0.15) is 0 Å². The molecular weight excluding hydrogens is 468 g/mol. The number of hydrogen-bond donors (Lipinski definition) is 5. The van der Waals surface area contributed by atoms with Gasteiger partial charge in [-0.15, -0.1) is 11.8 Å². The topological polar surface area (TPSA) is 128 Å². The second-order valence-corrected chi connectivity index (χ2v) is 11.3. The summed E-state index contributed by atoms with van der Waals surface area (Å²) in [5.41, 5.74) is -0.367. The summed E-state index contributed by atoms with van der Waals surface area (Å²) in [6.07, 6.45) is 8.44. The standard InChI is InChI=1S/C26H50N2O6S/c1-4-6-13-23(32)28-26(3,5-2)15-10-7-9-14-22(31)27-16-11-8-12-17-35-24-18-20(30)25(33)21(19-29)34-24/h20-21,24-25,29-30,33H,4-19H2,1-3H3,(H,27,31)(H,28,32)/t20?,21?,24-,25+,26?/m0/s1. The van der Waals surface area contributed by atoms with Crippen LogP contribution in [0.2, 0.25) is 0 Å². The van der Waals surface area contributed by atoms with E-state index in [1.54, 1.807) is 11.8 Å². The van der Waals surface area contributed by atoms with Crippen molar-refractivity contribution in [3.63, 3.8) is 0 Å². The molecule has 0 aliphatic carbocycles. The molecule has 206 valence electrons. The molecule has 0 spiro atoms. The van der Waals surface area contributed by atoms with Gasteiger partial charge in [0.15, 0.2) is 0 Å². The van der Waals surface area contributed by atoms with Crippen molar-refractivity contribution in [2.75, 3.05) is 18.9 Å². The van der Waals surface area contributed by atoms with Gasteiger partial charge >= 0.3 is 0 Å². The number of hydrogen-bond acceptors (Lipinski definition) is 7. The molecule has 1 aliphatic rings. The summed E-state index contributed by atoms with van der Waals surface area (Å²) in [6, 6.07) is 0. The number of aliphatic hydroxyl groups excluding tert-OH is 3. The average Bonchev–Trinajstić information content (AvgIpc) is 2.83. The fourth-order valence-corrected chi connectivity index (χ4v) is 5.34. The number of aliphatic hydroxyl groups is 3. The molecule has 0 radical (unpaired) electrons. The predicted molar refractivity (Wildman–Crippen MR) is 141 cm³/mol. The Hall–Kier alpha value is -0.870. The third-order valence-electron chi connectivity index (χ3n) is 6.77. The maximum atomic E-state index is 12.1. The lowest BCUT2D eigenvalue weighted by molar-refractivity contribution is -0.157. The van der Waals surface area contributed by atoms with Gasteiger partial charge < -0.3 is 30.7 Å². The molecule has 2 amide bonds. The maximum Gasteiger partial charge on any atom is 0.220 e. The van der Waals surface area contributed by atoms with Crippen molar-refractivity contribution in [3.8, 4) is 0 Å². The van der Waals surface area contributed by atoms with Crippen LogP contribution in [0.3, 0.4) is 0 Å². The number of nitrogens with one attached hydrogen (secondary N) is 2. The van der Waals surface area contributed by atoms with Gasteiger partial charge in [0.25, 0.3) is 0 Å². The summed E-state index contributed by atoms with van der Waals surface area (Å²) in [4.78, 5) is 24.1. The van der Waals surface area contributed by atoms with Gasteiger partial charge in [0.05, 0.1) is 12.7 Å². The molecule has 0 bridgehead atoms. The summed E-state index contributed by atoms with van der Waals surface area (Å²) in [5.74, 6) is 1.11. The molecular formula is C26H50N2O6S. The fourth-order valence-electron chi connectivity index (χ4n) is 4.15. The number of unbranched alkanes of at least 4 members (excludes halogenated alkanes) is 5. The molecule has 5 N–H and O–H groups in total. The van der Waals surface area contributed by atoms with Gasteiger partial charge in [0.1, 0.15) is 17.6 Å². The van der Waals surface area contributed by atoms with Crippen molar-refractivity contribution in [2.24, 2.45) is 0 Å². The molecule has 8 nitrogen and oxygen atoms in total. The highest BCUT2D eigenvalue weighted by Gasteiger charge is 2.36. The van der Waals surface area contributed by atoms with Gasteiger partial charge in [-0.05, 0) is 51.2 Å². The van der Waals surface area contributed by atoms with Crippen molar-refractivity contribution in [1.82, 2.24) is 10.6 Å². The number of amides is 2. The lowest BCUT2D eigenvalue weighted by atomic mass is 9.91. The second-order valence-electron chi connectivity index (χ2n) is 9.99. The second kappa shape index (κ2) is 18.4. The van der Waals surface area contributed by atoms with Crippen molar-refractivity contribution in [1.29, 1.82) is 0 Å². The van der Waals surface area contributed by atoms with Crippen LogP contribution in [0.15, 0.2) is 0 Å². The highest BCUT2D eigenvalue weighted by atomic mass is 32.2. The molecule has 1 rings (SSSR count). The molecule has 35 heavy (non-hydrogen) atoms. The Morgan fingerprint density at radius 2 is 1.71 bits per heavy atom. The Labute approximate surface area is 216 Å². The SMILES string of the molecule is CCCCC(=O)NC(C)(CC)CCCCCC(=O)NCCCCCS[C@H]1CC(O)[C@@H](O)C(CO)O1. The van der Waals surface area contributed by atoms with E-state index in [0.29, 0.717) is 25.8 Å². The molecule has 0 aromatic heterocycles. The third-order valence-corrected chi connectivity index (χ3v) is 7.97. The molecule has 5 atom stereocenters. The highest BCUT2D eigenvalue weighted by molar-refractivity contribution is 7.99. The van der Waals surface area contributed by atoms with E-state index in [1.807, 2.05) is 0 Å². The van der Waals surface area contributed by atoms with E-state index >= 15 is 0 Å². The monoisotopic (exact) mass is 518 g/mol. The molecule has 0 saturated carbocycles. The van der Waals surface area contributed by atoms with Crippen molar-refractivity contribution >= 4 is 23.6 Å². The van der Waals surface area contributed by atoms with Crippen LogP contribution in [0.1, 0.15) is 104 Å². The Morgan fingerprint density at radius 3 is 2.40 bits per heavy atom. The number of carbonyl (C=O) groups excluding carboxylic acids is 2.